The van der Waals surface area contributed by atoms with Crippen LogP contribution in [0.4, 0.5) is 0 Å². The zero-order valence-electron chi connectivity index (χ0n) is 11.1. The van der Waals surface area contributed by atoms with Crippen LogP contribution in [-0.2, 0) is 10.0 Å². The van der Waals surface area contributed by atoms with Crippen LogP contribution >= 0.6 is 11.3 Å². The monoisotopic (exact) mass is 290 g/mol. The number of hydrogen-bond acceptors (Lipinski definition) is 4. The zero-order valence-corrected chi connectivity index (χ0v) is 12.8. The molecule has 0 spiro atoms. The summed E-state index contributed by atoms with van der Waals surface area (Å²) < 4.78 is 26.4. The second kappa shape index (κ2) is 7.23. The molecule has 6 heteroatoms. The number of thiophene rings is 1. The molecule has 1 unspecified atom stereocenters. The molecule has 0 aliphatic heterocycles. The highest BCUT2D eigenvalue weighted by Gasteiger charge is 2.15. The molecule has 2 N–H and O–H groups in total. The van der Waals surface area contributed by atoms with Crippen molar-refractivity contribution in [2.75, 3.05) is 12.3 Å². The second-order valence-corrected chi connectivity index (χ2v) is 7.49. The van der Waals surface area contributed by atoms with Crippen molar-refractivity contribution in [2.45, 2.75) is 39.3 Å². The summed E-state index contributed by atoms with van der Waals surface area (Å²) in [6.45, 7) is 6.69. The molecule has 18 heavy (non-hydrogen) atoms. The Labute approximate surface area is 114 Å². The van der Waals surface area contributed by atoms with E-state index in [-0.39, 0.29) is 11.8 Å². The Morgan fingerprint density at radius 3 is 2.61 bits per heavy atom. The lowest BCUT2D eigenvalue weighted by Gasteiger charge is -2.13. The largest absolute Gasteiger partial charge is 0.314 e. The minimum absolute atomic E-state index is 0.145. The van der Waals surface area contributed by atoms with Gasteiger partial charge in [-0.2, -0.15) is 0 Å². The molecule has 0 saturated carbocycles. The molecule has 1 heterocycles. The maximum Gasteiger partial charge on any atom is 0.212 e. The fourth-order valence-corrected chi connectivity index (χ4v) is 3.69. The van der Waals surface area contributed by atoms with E-state index in [1.165, 1.54) is 0 Å². The normalized spacial score (nSPS) is 14.0. The van der Waals surface area contributed by atoms with Gasteiger partial charge in [0.25, 0.3) is 0 Å². The summed E-state index contributed by atoms with van der Waals surface area (Å²) in [6.07, 6.45) is 0.630. The summed E-state index contributed by atoms with van der Waals surface area (Å²) >= 11 is 1.56. The topological polar surface area (TPSA) is 58.2 Å². The average molecular weight is 290 g/mol. The van der Waals surface area contributed by atoms with Crippen LogP contribution in [0.3, 0.4) is 0 Å². The average Bonchev–Trinajstić information content (AvgIpc) is 2.77. The first-order chi connectivity index (χ1) is 8.41. The van der Waals surface area contributed by atoms with Gasteiger partial charge in [0.2, 0.25) is 10.0 Å². The molecule has 0 bridgehead atoms. The van der Waals surface area contributed by atoms with Gasteiger partial charge in [0, 0.05) is 10.9 Å². The lowest BCUT2D eigenvalue weighted by Crippen LogP contribution is -2.31. The lowest BCUT2D eigenvalue weighted by molar-refractivity contribution is 0.553. The quantitative estimate of drug-likeness (QED) is 0.721. The van der Waals surface area contributed by atoms with Crippen molar-refractivity contribution in [1.82, 2.24) is 10.0 Å². The molecule has 1 aromatic rings. The van der Waals surface area contributed by atoms with Crippen molar-refractivity contribution >= 4 is 21.4 Å². The van der Waals surface area contributed by atoms with Crippen molar-refractivity contribution < 1.29 is 8.42 Å². The predicted molar refractivity (Wildman–Crippen MR) is 77.4 cm³/mol. The molecule has 1 rings (SSSR count). The van der Waals surface area contributed by atoms with Crippen molar-refractivity contribution in [2.24, 2.45) is 0 Å². The van der Waals surface area contributed by atoms with Crippen LogP contribution in [0.15, 0.2) is 17.5 Å². The number of rotatable bonds is 8. The molecule has 0 fully saturated rings. The van der Waals surface area contributed by atoms with Crippen LogP contribution in [0, 0.1) is 0 Å². The Hall–Kier alpha value is -0.430. The fourth-order valence-electron chi connectivity index (χ4n) is 1.58. The predicted octanol–water partition coefficient (Wildman–Crippen LogP) is 2.12. The molecular formula is C12H22N2O2S2. The van der Waals surface area contributed by atoms with E-state index in [0.29, 0.717) is 12.5 Å². The maximum atomic E-state index is 11.8. The van der Waals surface area contributed by atoms with E-state index < -0.39 is 10.0 Å². The van der Waals surface area contributed by atoms with E-state index in [0.717, 1.165) is 11.4 Å². The Morgan fingerprint density at radius 1 is 1.33 bits per heavy atom. The van der Waals surface area contributed by atoms with Gasteiger partial charge in [-0.05, 0) is 31.3 Å². The van der Waals surface area contributed by atoms with Gasteiger partial charge in [-0.15, -0.1) is 11.3 Å². The molecule has 4 nitrogen and oxygen atoms in total. The maximum absolute atomic E-state index is 11.8. The molecule has 1 aromatic heterocycles. The summed E-state index contributed by atoms with van der Waals surface area (Å²) in [4.78, 5) is 1.04. The van der Waals surface area contributed by atoms with Gasteiger partial charge in [-0.3, -0.25) is 0 Å². The zero-order chi connectivity index (χ0) is 13.6. The van der Waals surface area contributed by atoms with Gasteiger partial charge in [0.1, 0.15) is 0 Å². The molecule has 104 valence electrons. The van der Waals surface area contributed by atoms with Gasteiger partial charge in [-0.25, -0.2) is 13.1 Å². The molecule has 0 radical (unpaired) electrons. The minimum atomic E-state index is -3.19. The first-order valence-electron chi connectivity index (χ1n) is 6.17. The van der Waals surface area contributed by atoms with E-state index in [1.54, 1.807) is 11.3 Å². The minimum Gasteiger partial charge on any atom is -0.314 e. The summed E-state index contributed by atoms with van der Waals surface area (Å²) in [5.41, 5.74) is 0. The van der Waals surface area contributed by atoms with Gasteiger partial charge in [-0.1, -0.05) is 19.9 Å². The van der Waals surface area contributed by atoms with Crippen molar-refractivity contribution in [3.63, 3.8) is 0 Å². The Bertz CT molecular complexity index is 427. The second-order valence-electron chi connectivity index (χ2n) is 4.64. The first-order valence-corrected chi connectivity index (χ1v) is 8.70. The standard InChI is InChI=1S/C12H22N2O2S2/c1-10(2)13-7-5-9-18(15,16)14-11(3)12-6-4-8-17-12/h4,6,8,10-11,13-14H,5,7,9H2,1-3H3. The summed E-state index contributed by atoms with van der Waals surface area (Å²) in [7, 11) is -3.19. The summed E-state index contributed by atoms with van der Waals surface area (Å²) in [5, 5.41) is 5.16. The third-order valence-corrected chi connectivity index (χ3v) is 5.06. The van der Waals surface area contributed by atoms with Gasteiger partial charge < -0.3 is 5.32 Å². The van der Waals surface area contributed by atoms with Crippen LogP contribution in [0.1, 0.15) is 38.1 Å². The number of hydrogen-bond donors (Lipinski definition) is 2. The molecular weight excluding hydrogens is 268 g/mol. The van der Waals surface area contributed by atoms with E-state index in [9.17, 15) is 8.42 Å². The van der Waals surface area contributed by atoms with Crippen molar-refractivity contribution in [3.8, 4) is 0 Å². The van der Waals surface area contributed by atoms with Gasteiger partial charge >= 0.3 is 0 Å². The number of nitrogens with one attached hydrogen (secondary N) is 2. The van der Waals surface area contributed by atoms with Crippen LogP contribution in [0.5, 0.6) is 0 Å². The van der Waals surface area contributed by atoms with Crippen LogP contribution in [-0.4, -0.2) is 26.8 Å². The van der Waals surface area contributed by atoms with E-state index >= 15 is 0 Å². The van der Waals surface area contributed by atoms with Crippen LogP contribution in [0.25, 0.3) is 0 Å². The Kier molecular flexibility index (Phi) is 6.28. The number of sulfonamides is 1. The molecule has 0 saturated heterocycles. The highest BCUT2D eigenvalue weighted by molar-refractivity contribution is 7.89. The molecule has 0 amide bonds. The molecule has 1 atom stereocenters. The van der Waals surface area contributed by atoms with E-state index in [1.807, 2.05) is 38.3 Å². The third kappa shape index (κ3) is 5.95. The van der Waals surface area contributed by atoms with Crippen molar-refractivity contribution in [1.29, 1.82) is 0 Å². The van der Waals surface area contributed by atoms with E-state index in [4.69, 9.17) is 0 Å². The smallest absolute Gasteiger partial charge is 0.212 e. The lowest BCUT2D eigenvalue weighted by atomic mass is 10.3. The Morgan fingerprint density at radius 2 is 2.06 bits per heavy atom. The summed E-state index contributed by atoms with van der Waals surface area (Å²) in [6, 6.07) is 4.12. The summed E-state index contributed by atoms with van der Waals surface area (Å²) in [5.74, 6) is 0.169. The Balaban J connectivity index is 2.35. The van der Waals surface area contributed by atoms with Crippen LogP contribution < -0.4 is 10.0 Å². The van der Waals surface area contributed by atoms with Gasteiger partial charge in [0.05, 0.1) is 11.8 Å². The highest BCUT2D eigenvalue weighted by Crippen LogP contribution is 2.18. The van der Waals surface area contributed by atoms with Crippen molar-refractivity contribution in [3.05, 3.63) is 22.4 Å². The highest BCUT2D eigenvalue weighted by atomic mass is 32.2. The van der Waals surface area contributed by atoms with Gasteiger partial charge in [0.15, 0.2) is 0 Å². The molecule has 0 aromatic carbocycles. The SMILES string of the molecule is CC(C)NCCCS(=O)(=O)NC(C)c1cccs1. The molecule has 0 aliphatic rings. The third-order valence-electron chi connectivity index (χ3n) is 2.47. The molecule has 0 aliphatic carbocycles. The van der Waals surface area contributed by atoms with Crippen LogP contribution in [0.2, 0.25) is 0 Å². The first kappa shape index (κ1) is 15.6. The fraction of sp³-hybridized carbons (Fsp3) is 0.667. The van der Waals surface area contributed by atoms with E-state index in [2.05, 4.69) is 10.0 Å².